The zero-order valence-electron chi connectivity index (χ0n) is 16.7. The summed E-state index contributed by atoms with van der Waals surface area (Å²) in [6, 6.07) is 8.34. The van der Waals surface area contributed by atoms with Crippen molar-refractivity contribution in [2.45, 2.75) is 37.5 Å². The summed E-state index contributed by atoms with van der Waals surface area (Å²) in [7, 11) is 0. The summed E-state index contributed by atoms with van der Waals surface area (Å²) in [6.45, 7) is 7.73. The molecule has 3 atom stereocenters. The van der Waals surface area contributed by atoms with Crippen LogP contribution in [0, 0.1) is 0 Å². The highest BCUT2D eigenvalue weighted by molar-refractivity contribution is 5.81. The van der Waals surface area contributed by atoms with Gasteiger partial charge in [0, 0.05) is 31.6 Å². The minimum Gasteiger partial charge on any atom is -0.382 e. The molecule has 0 saturated carbocycles. The van der Waals surface area contributed by atoms with Crippen LogP contribution >= 0.6 is 0 Å². The highest BCUT2D eigenvalue weighted by Crippen LogP contribution is 2.08. The quantitative estimate of drug-likeness (QED) is 0.244. The van der Waals surface area contributed by atoms with E-state index in [-0.39, 0.29) is 31.5 Å². The number of carbonyl (C=O) groups excluding carboxylic acids is 2. The van der Waals surface area contributed by atoms with Crippen LogP contribution < -0.4 is 22.1 Å². The Kier molecular flexibility index (Phi) is 11.3. The van der Waals surface area contributed by atoms with E-state index in [4.69, 9.17) is 11.5 Å². The van der Waals surface area contributed by atoms with Gasteiger partial charge in [0.2, 0.25) is 5.91 Å². The topological polar surface area (TPSA) is 130 Å². The lowest BCUT2D eigenvalue weighted by atomic mass is 10.0. The van der Waals surface area contributed by atoms with Crippen molar-refractivity contribution >= 4 is 11.8 Å². The lowest BCUT2D eigenvalue weighted by Gasteiger charge is -2.18. The van der Waals surface area contributed by atoms with Crippen LogP contribution in [-0.2, 0) is 16.0 Å². The summed E-state index contributed by atoms with van der Waals surface area (Å²) in [4.78, 5) is 23.9. The molecule has 1 aromatic rings. The van der Waals surface area contributed by atoms with Crippen molar-refractivity contribution < 1.29 is 14.7 Å². The fourth-order valence-corrected chi connectivity index (χ4v) is 2.74. The third kappa shape index (κ3) is 9.84. The van der Waals surface area contributed by atoms with Crippen LogP contribution in [0.3, 0.4) is 0 Å². The molecular weight excluding hydrogens is 368 g/mol. The third-order valence-electron chi connectivity index (χ3n) is 4.27. The van der Waals surface area contributed by atoms with Crippen LogP contribution in [-0.4, -0.2) is 48.2 Å². The van der Waals surface area contributed by atoms with Gasteiger partial charge in [0.15, 0.2) is 0 Å². The van der Waals surface area contributed by atoms with Gasteiger partial charge in [-0.25, -0.2) is 0 Å². The van der Waals surface area contributed by atoms with Crippen molar-refractivity contribution in [1.29, 1.82) is 0 Å². The summed E-state index contributed by atoms with van der Waals surface area (Å²) < 4.78 is 0. The molecule has 7 nitrogen and oxygen atoms in total. The molecule has 158 valence electrons. The average Bonchev–Trinajstić information content (AvgIpc) is 2.70. The molecule has 0 fully saturated rings. The highest BCUT2D eigenvalue weighted by atomic mass is 16.3. The van der Waals surface area contributed by atoms with E-state index in [1.807, 2.05) is 30.3 Å². The zero-order valence-corrected chi connectivity index (χ0v) is 16.7. The first kappa shape index (κ1) is 24.3. The van der Waals surface area contributed by atoms with Crippen LogP contribution in [0.25, 0.3) is 0 Å². The molecule has 0 aliphatic carbocycles. The Morgan fingerprint density at radius 3 is 2.34 bits per heavy atom. The molecule has 0 aromatic heterocycles. The first-order valence-corrected chi connectivity index (χ1v) is 9.59. The molecule has 3 unspecified atom stereocenters. The lowest BCUT2D eigenvalue weighted by Crippen LogP contribution is -2.48. The Hall–Kier alpha value is -2.74. The molecule has 0 saturated heterocycles. The van der Waals surface area contributed by atoms with E-state index in [9.17, 15) is 14.7 Å². The third-order valence-corrected chi connectivity index (χ3v) is 4.27. The molecule has 0 spiro atoms. The molecule has 0 radical (unpaired) electrons. The molecule has 1 rings (SSSR count). The summed E-state index contributed by atoms with van der Waals surface area (Å²) in [5.41, 5.74) is 13.7. The fourth-order valence-electron chi connectivity index (χ4n) is 2.74. The van der Waals surface area contributed by atoms with Gasteiger partial charge >= 0.3 is 0 Å². The second-order valence-electron chi connectivity index (χ2n) is 6.79. The Morgan fingerprint density at radius 2 is 1.72 bits per heavy atom. The minimum atomic E-state index is -1.33. The minimum absolute atomic E-state index is 0.154. The van der Waals surface area contributed by atoms with Crippen LogP contribution in [0.15, 0.2) is 67.3 Å². The smallest absolute Gasteiger partial charge is 0.250 e. The number of allylic oxidation sites excluding steroid dienone is 3. The number of nitrogens with one attached hydrogen (secondary N) is 2. The Bertz CT molecular complexity index is 703. The van der Waals surface area contributed by atoms with Gasteiger partial charge in [-0.2, -0.15) is 0 Å². The van der Waals surface area contributed by atoms with Crippen LogP contribution in [0.5, 0.6) is 0 Å². The van der Waals surface area contributed by atoms with Crippen molar-refractivity contribution in [2.75, 3.05) is 13.1 Å². The van der Waals surface area contributed by atoms with E-state index in [0.29, 0.717) is 12.8 Å². The van der Waals surface area contributed by atoms with Gasteiger partial charge in [0.25, 0.3) is 5.91 Å². The highest BCUT2D eigenvalue weighted by Gasteiger charge is 2.22. The number of rotatable bonds is 13. The number of hydrogen-bond acceptors (Lipinski definition) is 5. The van der Waals surface area contributed by atoms with E-state index in [1.165, 1.54) is 0 Å². The first-order chi connectivity index (χ1) is 13.9. The number of nitrogens with two attached hydrogens (primary N) is 2. The monoisotopic (exact) mass is 400 g/mol. The molecule has 2 amide bonds. The van der Waals surface area contributed by atoms with Crippen LogP contribution in [0.2, 0.25) is 0 Å². The molecule has 0 bridgehead atoms. The van der Waals surface area contributed by atoms with Crippen molar-refractivity contribution in [3.05, 3.63) is 72.9 Å². The van der Waals surface area contributed by atoms with Crippen LogP contribution in [0.1, 0.15) is 18.4 Å². The van der Waals surface area contributed by atoms with Crippen molar-refractivity contribution in [1.82, 2.24) is 10.6 Å². The normalized spacial score (nSPS) is 14.4. The molecule has 7 heteroatoms. The predicted molar refractivity (Wildman–Crippen MR) is 116 cm³/mol. The van der Waals surface area contributed by atoms with Gasteiger partial charge < -0.3 is 27.2 Å². The number of benzene rings is 1. The number of hydrogen-bond donors (Lipinski definition) is 5. The molecule has 7 N–H and O–H groups in total. The standard InChI is InChI=1S/C22H32N4O3/c1-3-8-16(4-2)13-18(23)15-20(27)25-11-12-26-22(29)21(28)19(24)14-17-9-6-5-7-10-17/h3-10,18-19,21,28H,1-2,11-15,23-24H2,(H,25,27)(H,26,29)/b16-8+. The second-order valence-corrected chi connectivity index (χ2v) is 6.79. The summed E-state index contributed by atoms with van der Waals surface area (Å²) >= 11 is 0. The second kappa shape index (κ2) is 13.4. The molecule has 0 aliphatic rings. The molecule has 0 aliphatic heterocycles. The van der Waals surface area contributed by atoms with Crippen molar-refractivity contribution in [3.8, 4) is 0 Å². The number of amides is 2. The predicted octanol–water partition coefficient (Wildman–Crippen LogP) is 0.556. The van der Waals surface area contributed by atoms with E-state index >= 15 is 0 Å². The maximum Gasteiger partial charge on any atom is 0.250 e. The summed E-state index contributed by atoms with van der Waals surface area (Å²) in [5, 5.41) is 15.3. The molecular formula is C22H32N4O3. The Balaban J connectivity index is 2.27. The Labute approximate surface area is 172 Å². The number of aliphatic hydroxyl groups is 1. The maximum absolute atomic E-state index is 12.0. The van der Waals surface area contributed by atoms with Crippen molar-refractivity contribution in [2.24, 2.45) is 11.5 Å². The largest absolute Gasteiger partial charge is 0.382 e. The van der Waals surface area contributed by atoms with Crippen LogP contribution in [0.4, 0.5) is 0 Å². The van der Waals surface area contributed by atoms with Gasteiger partial charge in [-0.3, -0.25) is 9.59 Å². The fraction of sp³-hybridized carbons (Fsp3) is 0.364. The summed E-state index contributed by atoms with van der Waals surface area (Å²) in [6.07, 6.45) is 4.86. The SMILES string of the molecule is C=C/C=C(\C=C)CC(N)CC(=O)NCCNC(=O)C(O)C(N)Cc1ccccc1. The van der Waals surface area contributed by atoms with E-state index < -0.39 is 18.1 Å². The zero-order chi connectivity index (χ0) is 21.6. The number of carbonyl (C=O) groups is 2. The number of aliphatic hydroxyl groups excluding tert-OH is 1. The van der Waals surface area contributed by atoms with E-state index in [0.717, 1.165) is 11.1 Å². The Morgan fingerprint density at radius 1 is 1.07 bits per heavy atom. The maximum atomic E-state index is 12.0. The molecule has 0 heterocycles. The van der Waals surface area contributed by atoms with Crippen molar-refractivity contribution in [3.63, 3.8) is 0 Å². The van der Waals surface area contributed by atoms with Gasteiger partial charge in [0.05, 0.1) is 0 Å². The summed E-state index contributed by atoms with van der Waals surface area (Å²) in [5.74, 6) is -0.778. The van der Waals surface area contributed by atoms with E-state index in [2.05, 4.69) is 23.8 Å². The lowest BCUT2D eigenvalue weighted by molar-refractivity contribution is -0.130. The van der Waals surface area contributed by atoms with Gasteiger partial charge in [-0.05, 0) is 24.0 Å². The van der Waals surface area contributed by atoms with Gasteiger partial charge in [-0.15, -0.1) is 0 Å². The first-order valence-electron chi connectivity index (χ1n) is 9.59. The van der Waals surface area contributed by atoms with E-state index in [1.54, 1.807) is 18.2 Å². The molecule has 29 heavy (non-hydrogen) atoms. The van der Waals surface area contributed by atoms with Gasteiger partial charge in [-0.1, -0.05) is 61.7 Å². The average molecular weight is 401 g/mol. The van der Waals surface area contributed by atoms with Gasteiger partial charge in [0.1, 0.15) is 6.10 Å². The molecule has 1 aromatic carbocycles.